The Hall–Kier alpha value is -2.48. The molecule has 9 heteroatoms. The van der Waals surface area contributed by atoms with Gasteiger partial charge in [-0.25, -0.2) is 4.98 Å². The lowest BCUT2D eigenvalue weighted by Crippen LogP contribution is -2.14. The monoisotopic (exact) mass is 373 g/mol. The Morgan fingerprint density at radius 1 is 1.32 bits per heavy atom. The fourth-order valence-corrected chi connectivity index (χ4v) is 2.16. The molecule has 0 saturated heterocycles. The molecule has 0 saturated carbocycles. The minimum atomic E-state index is -4.49. The molecular weight excluding hydrogens is 359 g/mol. The van der Waals surface area contributed by atoms with Crippen LogP contribution < -0.4 is 15.4 Å². The van der Waals surface area contributed by atoms with Crippen LogP contribution in [0.25, 0.3) is 0 Å². The highest BCUT2D eigenvalue weighted by Gasteiger charge is 2.31. The average Bonchev–Trinajstić information content (AvgIpc) is 2.51. The number of amides is 1. The number of carbonyl (C=O) groups is 1. The van der Waals surface area contributed by atoms with Crippen molar-refractivity contribution in [2.75, 3.05) is 23.8 Å². The molecule has 0 bridgehead atoms. The number of anilines is 2. The molecule has 2 N–H and O–H groups in total. The van der Waals surface area contributed by atoms with E-state index in [1.54, 1.807) is 24.3 Å². The molecule has 0 atom stereocenters. The van der Waals surface area contributed by atoms with Crippen molar-refractivity contribution in [1.82, 2.24) is 4.98 Å². The van der Waals surface area contributed by atoms with Crippen LogP contribution in [0.15, 0.2) is 36.5 Å². The summed E-state index contributed by atoms with van der Waals surface area (Å²) in [6, 6.07) is 7.63. The van der Waals surface area contributed by atoms with Crippen LogP contribution in [0.3, 0.4) is 0 Å². The lowest BCUT2D eigenvalue weighted by molar-refractivity contribution is -0.137. The summed E-state index contributed by atoms with van der Waals surface area (Å²) in [6.07, 6.45) is -3.77. The van der Waals surface area contributed by atoms with Crippen molar-refractivity contribution >= 4 is 29.0 Å². The Labute approximate surface area is 147 Å². The van der Waals surface area contributed by atoms with Gasteiger partial charge in [0.2, 0.25) is 5.91 Å². The van der Waals surface area contributed by atoms with E-state index < -0.39 is 11.7 Å². The molecule has 134 valence electrons. The normalized spacial score (nSPS) is 11.1. The SMILES string of the molecule is CC(=O)Nc1cccc(OCCNc2ncc(C(F)(F)F)cc2Cl)c1. The van der Waals surface area contributed by atoms with E-state index in [-0.39, 0.29) is 29.9 Å². The Balaban J connectivity index is 1.86. The summed E-state index contributed by atoms with van der Waals surface area (Å²) in [4.78, 5) is 14.7. The first kappa shape index (κ1) is 18.9. The number of nitrogens with zero attached hydrogens (tertiary/aromatic N) is 1. The van der Waals surface area contributed by atoms with Gasteiger partial charge >= 0.3 is 6.18 Å². The van der Waals surface area contributed by atoms with Crippen molar-refractivity contribution < 1.29 is 22.7 Å². The first-order valence-electron chi connectivity index (χ1n) is 7.23. The third-order valence-corrected chi connectivity index (χ3v) is 3.27. The molecule has 0 aliphatic carbocycles. The van der Waals surface area contributed by atoms with E-state index >= 15 is 0 Å². The zero-order valence-electron chi connectivity index (χ0n) is 13.2. The molecule has 1 amide bonds. The van der Waals surface area contributed by atoms with Gasteiger partial charge in [0.25, 0.3) is 0 Å². The van der Waals surface area contributed by atoms with Crippen LogP contribution in [0.5, 0.6) is 5.75 Å². The van der Waals surface area contributed by atoms with E-state index in [4.69, 9.17) is 16.3 Å². The summed E-state index contributed by atoms with van der Waals surface area (Å²) in [5, 5.41) is 5.31. The maximum absolute atomic E-state index is 12.5. The van der Waals surface area contributed by atoms with Crippen molar-refractivity contribution in [2.45, 2.75) is 13.1 Å². The molecule has 1 heterocycles. The highest BCUT2D eigenvalue weighted by Crippen LogP contribution is 2.32. The topological polar surface area (TPSA) is 63.2 Å². The lowest BCUT2D eigenvalue weighted by atomic mass is 10.3. The fraction of sp³-hybridized carbons (Fsp3) is 0.250. The average molecular weight is 374 g/mol. The molecule has 0 spiro atoms. The number of aromatic nitrogens is 1. The van der Waals surface area contributed by atoms with Gasteiger partial charge < -0.3 is 15.4 Å². The molecule has 1 aromatic carbocycles. The Kier molecular flexibility index (Phi) is 6.08. The van der Waals surface area contributed by atoms with Crippen LogP contribution in [-0.4, -0.2) is 24.0 Å². The van der Waals surface area contributed by atoms with Crippen molar-refractivity contribution in [3.05, 3.63) is 47.1 Å². The van der Waals surface area contributed by atoms with Gasteiger partial charge in [0.05, 0.1) is 17.1 Å². The maximum atomic E-state index is 12.5. The molecule has 1 aromatic heterocycles. The number of rotatable bonds is 6. The van der Waals surface area contributed by atoms with Gasteiger partial charge in [-0.05, 0) is 18.2 Å². The van der Waals surface area contributed by atoms with Crippen molar-refractivity contribution in [2.24, 2.45) is 0 Å². The number of hydrogen-bond acceptors (Lipinski definition) is 4. The summed E-state index contributed by atoms with van der Waals surface area (Å²) in [5.74, 6) is 0.492. The zero-order chi connectivity index (χ0) is 18.4. The molecule has 0 radical (unpaired) electrons. The second kappa shape index (κ2) is 8.06. The van der Waals surface area contributed by atoms with E-state index in [2.05, 4.69) is 15.6 Å². The second-order valence-electron chi connectivity index (χ2n) is 5.04. The summed E-state index contributed by atoms with van der Waals surface area (Å²) in [7, 11) is 0. The van der Waals surface area contributed by atoms with Gasteiger partial charge in [0, 0.05) is 24.9 Å². The molecule has 2 aromatic rings. The minimum absolute atomic E-state index is 0.123. The van der Waals surface area contributed by atoms with Gasteiger partial charge in [-0.1, -0.05) is 17.7 Å². The van der Waals surface area contributed by atoms with Crippen molar-refractivity contribution in [1.29, 1.82) is 0 Å². The van der Waals surface area contributed by atoms with Crippen LogP contribution in [0.4, 0.5) is 24.7 Å². The molecule has 25 heavy (non-hydrogen) atoms. The van der Waals surface area contributed by atoms with Gasteiger partial charge in [0.1, 0.15) is 18.2 Å². The summed E-state index contributed by atoms with van der Waals surface area (Å²) < 4.78 is 43.1. The van der Waals surface area contributed by atoms with Crippen LogP contribution in [0.2, 0.25) is 5.02 Å². The quantitative estimate of drug-likeness (QED) is 0.745. The third-order valence-electron chi connectivity index (χ3n) is 2.99. The number of hydrogen-bond donors (Lipinski definition) is 2. The molecular formula is C16H15ClF3N3O2. The first-order chi connectivity index (χ1) is 11.8. The van der Waals surface area contributed by atoms with Gasteiger partial charge in [0.15, 0.2) is 0 Å². The number of carbonyl (C=O) groups excluding carboxylic acids is 1. The van der Waals surface area contributed by atoms with E-state index in [9.17, 15) is 18.0 Å². The highest BCUT2D eigenvalue weighted by molar-refractivity contribution is 6.32. The van der Waals surface area contributed by atoms with Crippen LogP contribution in [-0.2, 0) is 11.0 Å². The summed E-state index contributed by atoms with van der Waals surface area (Å²) in [6.45, 7) is 1.91. The molecule has 0 aliphatic rings. The number of alkyl halides is 3. The standard InChI is InChI=1S/C16H15ClF3N3O2/c1-10(24)23-12-3-2-4-13(8-12)25-6-5-21-15-14(17)7-11(9-22-15)16(18,19)20/h2-4,7-9H,5-6H2,1H3,(H,21,22)(H,23,24). The fourth-order valence-electron chi connectivity index (χ4n) is 1.93. The molecule has 5 nitrogen and oxygen atoms in total. The summed E-state index contributed by atoms with van der Waals surface area (Å²) in [5.41, 5.74) is -0.306. The van der Waals surface area contributed by atoms with Crippen LogP contribution >= 0.6 is 11.6 Å². The number of halogens is 4. The van der Waals surface area contributed by atoms with Crippen LogP contribution in [0, 0.1) is 0 Å². The largest absolute Gasteiger partial charge is 0.492 e. The smallest absolute Gasteiger partial charge is 0.417 e. The van der Waals surface area contributed by atoms with Crippen molar-refractivity contribution in [3.8, 4) is 5.75 Å². The molecule has 0 aliphatic heterocycles. The molecule has 2 rings (SSSR count). The third kappa shape index (κ3) is 5.82. The summed E-state index contributed by atoms with van der Waals surface area (Å²) >= 11 is 5.79. The molecule has 0 unspecified atom stereocenters. The van der Waals surface area contributed by atoms with E-state index in [1.165, 1.54) is 6.92 Å². The number of ether oxygens (including phenoxy) is 1. The number of nitrogens with one attached hydrogen (secondary N) is 2. The maximum Gasteiger partial charge on any atom is 0.417 e. The van der Waals surface area contributed by atoms with Gasteiger partial charge in [-0.3, -0.25) is 4.79 Å². The second-order valence-corrected chi connectivity index (χ2v) is 5.44. The zero-order valence-corrected chi connectivity index (χ0v) is 13.9. The van der Waals surface area contributed by atoms with Crippen LogP contribution in [0.1, 0.15) is 12.5 Å². The number of pyridine rings is 1. The molecule has 0 fully saturated rings. The van der Waals surface area contributed by atoms with E-state index in [0.717, 1.165) is 6.07 Å². The Bertz CT molecular complexity index is 754. The highest BCUT2D eigenvalue weighted by atomic mass is 35.5. The van der Waals surface area contributed by atoms with Gasteiger partial charge in [-0.15, -0.1) is 0 Å². The predicted octanol–water partition coefficient (Wildman–Crippen LogP) is 4.20. The van der Waals surface area contributed by atoms with Crippen molar-refractivity contribution in [3.63, 3.8) is 0 Å². The predicted molar refractivity (Wildman–Crippen MR) is 89.0 cm³/mol. The Morgan fingerprint density at radius 2 is 2.08 bits per heavy atom. The van der Waals surface area contributed by atoms with E-state index in [0.29, 0.717) is 17.6 Å². The lowest BCUT2D eigenvalue weighted by Gasteiger charge is -2.12. The number of benzene rings is 1. The first-order valence-corrected chi connectivity index (χ1v) is 7.60. The minimum Gasteiger partial charge on any atom is -0.492 e. The van der Waals surface area contributed by atoms with E-state index in [1.807, 2.05) is 0 Å². The Morgan fingerprint density at radius 3 is 2.72 bits per heavy atom. The van der Waals surface area contributed by atoms with Gasteiger partial charge in [-0.2, -0.15) is 13.2 Å².